The first-order valence-electron chi connectivity index (χ1n) is 15.1. The van der Waals surface area contributed by atoms with E-state index in [9.17, 15) is 44.1 Å². The number of aryl methyl sites for hydroxylation is 1. The van der Waals surface area contributed by atoms with Crippen LogP contribution >= 0.6 is 23.5 Å². The molecule has 2 aliphatic rings. The maximum atomic E-state index is 14.1. The van der Waals surface area contributed by atoms with E-state index in [1.165, 1.54) is 28.9 Å². The van der Waals surface area contributed by atoms with E-state index in [1.54, 1.807) is 7.05 Å². The average Bonchev–Trinajstić information content (AvgIpc) is 3.55. The maximum Gasteiger partial charge on any atom is 0.352 e. The van der Waals surface area contributed by atoms with Gasteiger partial charge in [-0.2, -0.15) is 0 Å². The molecule has 22 heteroatoms. The van der Waals surface area contributed by atoms with Gasteiger partial charge in [-0.3, -0.25) is 24.1 Å². The van der Waals surface area contributed by atoms with Crippen molar-refractivity contribution in [2.75, 3.05) is 25.2 Å². The predicted octanol–water partition coefficient (Wildman–Crippen LogP) is 0.167. The summed E-state index contributed by atoms with van der Waals surface area (Å²) in [7, 11) is 2.75. The van der Waals surface area contributed by atoms with Gasteiger partial charge in [-0.1, -0.05) is 23.9 Å². The highest BCUT2D eigenvalue weighted by Crippen LogP contribution is 2.47. The molecule has 2 aromatic heterocycles. The van der Waals surface area contributed by atoms with Crippen molar-refractivity contribution in [2.45, 2.75) is 22.3 Å². The van der Waals surface area contributed by atoms with Crippen LogP contribution < -0.4 is 20.8 Å². The highest BCUT2D eigenvalue weighted by molar-refractivity contribution is 8.01. The molecular weight excluding hydrogens is 743 g/mol. The first kappa shape index (κ1) is 36.7. The number of nitrogens with zero attached hydrogens (tertiary/aromatic N) is 5. The van der Waals surface area contributed by atoms with E-state index < -0.39 is 75.9 Å². The number of rotatable bonds is 13. The molecule has 4 aromatic rings. The Balaban J connectivity index is 1.29. The Morgan fingerprint density at radius 2 is 1.85 bits per heavy atom. The number of aliphatic carboxylic acids is 2. The lowest BCUT2D eigenvalue weighted by Crippen LogP contribution is -2.81. The average molecular weight is 770 g/mol. The smallest absolute Gasteiger partial charge is 0.352 e. The van der Waals surface area contributed by atoms with Gasteiger partial charge in [-0.15, -0.1) is 16.9 Å². The van der Waals surface area contributed by atoms with Gasteiger partial charge in [-0.25, -0.2) is 14.3 Å². The largest absolute Gasteiger partial charge is 0.504 e. The third-order valence-corrected chi connectivity index (χ3v) is 10.6. The van der Waals surface area contributed by atoms with Crippen LogP contribution in [0.1, 0.15) is 22.0 Å². The lowest BCUT2D eigenvalue weighted by molar-refractivity contribution is -0.192. The molecule has 1 fully saturated rings. The molecule has 276 valence electrons. The number of aromatic nitrogens is 4. The van der Waals surface area contributed by atoms with Gasteiger partial charge in [0, 0.05) is 31.7 Å². The fraction of sp³-hybridized carbons (Fsp3) is 0.258. The van der Waals surface area contributed by atoms with Gasteiger partial charge in [0.1, 0.15) is 40.3 Å². The van der Waals surface area contributed by atoms with E-state index in [0.29, 0.717) is 10.7 Å². The molecule has 0 saturated carbocycles. The zero-order valence-corrected chi connectivity index (χ0v) is 29.0. The molecule has 2 aliphatic heterocycles. The van der Waals surface area contributed by atoms with Gasteiger partial charge < -0.3 is 45.0 Å². The quantitative estimate of drug-likeness (QED) is 0.0457. The van der Waals surface area contributed by atoms with Gasteiger partial charge in [0.2, 0.25) is 16.5 Å². The van der Waals surface area contributed by atoms with E-state index >= 15 is 0 Å². The Morgan fingerprint density at radius 3 is 2.49 bits per heavy atom. The summed E-state index contributed by atoms with van der Waals surface area (Å²) in [6.45, 7) is -0.663. The maximum absolute atomic E-state index is 14.1. The molecule has 6 rings (SSSR count). The Hall–Kier alpha value is -6.13. The van der Waals surface area contributed by atoms with E-state index in [1.807, 2.05) is 0 Å². The van der Waals surface area contributed by atoms with E-state index in [4.69, 9.17) is 19.0 Å². The summed E-state index contributed by atoms with van der Waals surface area (Å²) >= 11 is 2.29. The van der Waals surface area contributed by atoms with Crippen molar-refractivity contribution in [3.8, 4) is 17.2 Å². The van der Waals surface area contributed by atoms with Gasteiger partial charge in [0.05, 0.1) is 5.39 Å². The SMILES string of the molecule is CO[C@@]1(NC(=O)C(NC(=O)c2coc3cc(O)c(O)cc3c2=O)c2ccc(OCC(=O)O)cc2)C(=O)N2C(C(=O)O)=C(CSc3nnnn3C)CS[C@@H]21. The number of phenolic OH excluding ortho intramolecular Hbond substituents is 2. The number of carbonyl (C=O) groups excluding carboxylic acids is 3. The highest BCUT2D eigenvalue weighted by atomic mass is 32.2. The van der Waals surface area contributed by atoms with Crippen molar-refractivity contribution in [2.24, 2.45) is 7.05 Å². The number of β-lactam (4-membered cyclic amide) rings is 1. The molecule has 6 N–H and O–H groups in total. The Morgan fingerprint density at radius 1 is 1.13 bits per heavy atom. The Labute approximate surface area is 304 Å². The number of benzene rings is 2. The van der Waals surface area contributed by atoms with Crippen LogP contribution in [0.15, 0.2) is 68.3 Å². The lowest BCUT2D eigenvalue weighted by atomic mass is 9.96. The molecule has 0 radical (unpaired) electrons. The van der Waals surface area contributed by atoms with E-state index in [-0.39, 0.29) is 39.5 Å². The summed E-state index contributed by atoms with van der Waals surface area (Å²) in [4.78, 5) is 79.2. The van der Waals surface area contributed by atoms with Crippen molar-refractivity contribution >= 4 is 64.2 Å². The molecule has 4 heterocycles. The summed E-state index contributed by atoms with van der Waals surface area (Å²) in [5.41, 5.74) is -3.56. The van der Waals surface area contributed by atoms with E-state index in [0.717, 1.165) is 53.9 Å². The highest BCUT2D eigenvalue weighted by Gasteiger charge is 2.67. The molecule has 0 spiro atoms. The number of ether oxygens (including phenoxy) is 2. The van der Waals surface area contributed by atoms with Crippen LogP contribution in [0.25, 0.3) is 11.0 Å². The summed E-state index contributed by atoms with van der Waals surface area (Å²) in [5.74, 6) is -6.53. The van der Waals surface area contributed by atoms with Crippen molar-refractivity contribution in [1.29, 1.82) is 0 Å². The number of carboxylic acid groups (broad SMARTS) is 2. The molecule has 2 aromatic carbocycles. The standard InChI is InChI=1S/C31H27N7O13S2/c1-37-30(34-35-36-37)53-12-14-11-52-29-31(49-2,28(48)38(29)23(14)27(46)47)33-26(45)22(13-3-5-15(6-4-13)50-10-21(41)42)32-25(44)17-9-51-20-8-19(40)18(39)7-16(20)24(17)43/h3-9,22,29,39-40H,10-12H2,1-2H3,(H,32,44)(H,33,45)(H,41,42)(H,46,47)/t22?,29-,31+/m1/s1. The van der Waals surface area contributed by atoms with Crippen LogP contribution in [0, 0.1) is 0 Å². The molecule has 0 aliphatic carbocycles. The number of carbonyl (C=O) groups is 5. The van der Waals surface area contributed by atoms with E-state index in [2.05, 4.69) is 26.2 Å². The Bertz CT molecular complexity index is 2260. The van der Waals surface area contributed by atoms with Gasteiger partial charge >= 0.3 is 11.9 Å². The van der Waals surface area contributed by atoms with Crippen molar-refractivity contribution in [3.63, 3.8) is 0 Å². The van der Waals surface area contributed by atoms with Gasteiger partial charge in [-0.05, 0) is 39.8 Å². The lowest BCUT2D eigenvalue weighted by Gasteiger charge is -2.56. The zero-order chi connectivity index (χ0) is 38.2. The topological polar surface area (TPSA) is 286 Å². The number of hydrogen-bond donors (Lipinski definition) is 6. The van der Waals surface area contributed by atoms with Crippen molar-refractivity contribution in [1.82, 2.24) is 35.7 Å². The number of thioether (sulfide) groups is 2. The van der Waals surface area contributed by atoms with Gasteiger partial charge in [0.25, 0.3) is 17.5 Å². The van der Waals surface area contributed by atoms with Gasteiger partial charge in [0.15, 0.2) is 18.1 Å². The summed E-state index contributed by atoms with van der Waals surface area (Å²) in [5, 5.41) is 54.0. The number of nitrogens with one attached hydrogen (secondary N) is 2. The number of phenols is 2. The molecule has 3 amide bonds. The Kier molecular flexibility index (Phi) is 10.0. The van der Waals surface area contributed by atoms with Crippen LogP contribution in [0.3, 0.4) is 0 Å². The normalized spacial score (nSPS) is 18.6. The van der Waals surface area contributed by atoms with Crippen LogP contribution in [-0.4, -0.2) is 112 Å². The number of tetrazole rings is 1. The van der Waals surface area contributed by atoms with Crippen LogP contribution in [-0.2, 0) is 31.0 Å². The monoisotopic (exact) mass is 769 g/mol. The molecule has 1 saturated heterocycles. The van der Waals surface area contributed by atoms with Crippen molar-refractivity contribution in [3.05, 3.63) is 75.3 Å². The zero-order valence-electron chi connectivity index (χ0n) is 27.3. The number of carboxylic acids is 2. The summed E-state index contributed by atoms with van der Waals surface area (Å²) in [6, 6.07) is 5.54. The molecule has 0 bridgehead atoms. The number of amides is 3. The molecule has 1 unspecified atom stereocenters. The first-order chi connectivity index (χ1) is 25.2. The van der Waals surface area contributed by atoms with Crippen LogP contribution in [0.2, 0.25) is 0 Å². The third-order valence-electron chi connectivity index (χ3n) is 8.13. The predicted molar refractivity (Wildman–Crippen MR) is 181 cm³/mol. The fourth-order valence-electron chi connectivity index (χ4n) is 5.53. The molecular formula is C31H27N7O13S2. The minimum Gasteiger partial charge on any atom is -0.504 e. The summed E-state index contributed by atoms with van der Waals surface area (Å²) in [6.07, 6.45) is 0.799. The molecule has 53 heavy (non-hydrogen) atoms. The summed E-state index contributed by atoms with van der Waals surface area (Å²) < 4.78 is 17.5. The number of fused-ring (bicyclic) bond motifs is 2. The van der Waals surface area contributed by atoms with Crippen LogP contribution in [0.4, 0.5) is 0 Å². The van der Waals surface area contributed by atoms with Crippen molar-refractivity contribution < 1.29 is 58.3 Å². The molecule has 3 atom stereocenters. The van der Waals surface area contributed by atoms with Crippen LogP contribution in [0.5, 0.6) is 17.2 Å². The second kappa shape index (κ2) is 14.5. The minimum absolute atomic E-state index is 0.0844. The number of methoxy groups -OCH3 is 1. The fourth-order valence-corrected chi connectivity index (χ4v) is 7.95. The second-order valence-corrected chi connectivity index (χ2v) is 13.4. The number of aromatic hydroxyl groups is 2. The number of hydrogen-bond acceptors (Lipinski definition) is 16. The molecule has 20 nitrogen and oxygen atoms in total. The minimum atomic E-state index is -2.09. The first-order valence-corrected chi connectivity index (χ1v) is 17.1. The third kappa shape index (κ3) is 6.81. The second-order valence-electron chi connectivity index (χ2n) is 11.4.